The van der Waals surface area contributed by atoms with E-state index in [9.17, 15) is 18.0 Å². The maximum absolute atomic E-state index is 11.3. The number of primary amides is 1. The van der Waals surface area contributed by atoms with Crippen LogP contribution >= 0.6 is 0 Å². The Balaban J connectivity index is 2.78. The number of rotatable bonds is 2. The fourth-order valence-electron chi connectivity index (χ4n) is 1.73. The lowest BCUT2D eigenvalue weighted by molar-refractivity contribution is -0.145. The van der Waals surface area contributed by atoms with Gasteiger partial charge in [0.2, 0.25) is 0 Å². The largest absolute Gasteiger partial charge is 0.361 e. The van der Waals surface area contributed by atoms with Gasteiger partial charge in [-0.25, -0.2) is 8.42 Å². The summed E-state index contributed by atoms with van der Waals surface area (Å²) in [6.07, 6.45) is 0.384. The third-order valence-corrected chi connectivity index (χ3v) is 4.21. The van der Waals surface area contributed by atoms with Crippen LogP contribution in [-0.4, -0.2) is 49.2 Å². The van der Waals surface area contributed by atoms with E-state index in [2.05, 4.69) is 0 Å². The summed E-state index contributed by atoms with van der Waals surface area (Å²) in [5, 5.41) is 0. The average molecular weight is 234 g/mol. The smallest absolute Gasteiger partial charge is 0.311 e. The Kier molecular flexibility index (Phi) is 3.33. The number of nitrogens with zero attached hydrogens (tertiary/aromatic N) is 1. The molecule has 1 saturated heterocycles. The Morgan fingerprint density at radius 1 is 1.47 bits per heavy atom. The van der Waals surface area contributed by atoms with Gasteiger partial charge in [-0.2, -0.15) is 0 Å². The van der Waals surface area contributed by atoms with Crippen LogP contribution in [0.5, 0.6) is 0 Å². The summed E-state index contributed by atoms with van der Waals surface area (Å²) >= 11 is 0. The van der Waals surface area contributed by atoms with Crippen LogP contribution < -0.4 is 5.73 Å². The van der Waals surface area contributed by atoms with Gasteiger partial charge in [0.1, 0.15) is 0 Å². The average Bonchev–Trinajstić information content (AvgIpc) is 2.47. The van der Waals surface area contributed by atoms with Crippen LogP contribution in [0, 0.1) is 0 Å². The normalized spacial score (nSPS) is 23.7. The first-order valence-electron chi connectivity index (χ1n) is 4.68. The summed E-state index contributed by atoms with van der Waals surface area (Å²) in [4.78, 5) is 23.3. The van der Waals surface area contributed by atoms with Crippen LogP contribution in [0.15, 0.2) is 0 Å². The molecule has 0 bridgehead atoms. The molecule has 1 aliphatic heterocycles. The summed E-state index contributed by atoms with van der Waals surface area (Å²) < 4.78 is 22.4. The van der Waals surface area contributed by atoms with Crippen molar-refractivity contribution >= 4 is 21.7 Å². The highest BCUT2D eigenvalue weighted by atomic mass is 32.2. The second-order valence-corrected chi connectivity index (χ2v) is 5.74. The minimum absolute atomic E-state index is 0.0696. The highest BCUT2D eigenvalue weighted by Crippen LogP contribution is 2.17. The predicted molar refractivity (Wildman–Crippen MR) is 53.6 cm³/mol. The molecule has 1 atom stereocenters. The summed E-state index contributed by atoms with van der Waals surface area (Å²) in [5.41, 5.74) is 4.87. The Morgan fingerprint density at radius 2 is 2.07 bits per heavy atom. The first-order chi connectivity index (χ1) is 6.87. The van der Waals surface area contributed by atoms with E-state index in [0.29, 0.717) is 13.0 Å². The van der Waals surface area contributed by atoms with E-state index in [1.165, 1.54) is 4.90 Å². The van der Waals surface area contributed by atoms with Crippen LogP contribution in [-0.2, 0) is 19.4 Å². The summed E-state index contributed by atoms with van der Waals surface area (Å²) in [5.74, 6) is -1.85. The zero-order valence-electron chi connectivity index (χ0n) is 8.47. The molecule has 2 N–H and O–H groups in total. The van der Waals surface area contributed by atoms with Crippen molar-refractivity contribution in [2.45, 2.75) is 19.4 Å². The van der Waals surface area contributed by atoms with Gasteiger partial charge in [-0.1, -0.05) is 0 Å². The maximum atomic E-state index is 11.3. The molecule has 86 valence electrons. The maximum Gasteiger partial charge on any atom is 0.311 e. The molecular weight excluding hydrogens is 220 g/mol. The quantitative estimate of drug-likeness (QED) is 0.588. The molecule has 1 aliphatic rings. The van der Waals surface area contributed by atoms with Gasteiger partial charge in [-0.05, 0) is 13.3 Å². The molecule has 1 heterocycles. The molecule has 0 aromatic heterocycles. The Labute approximate surface area is 88.3 Å². The zero-order chi connectivity index (χ0) is 11.6. The van der Waals surface area contributed by atoms with Gasteiger partial charge < -0.3 is 10.6 Å². The number of likely N-dealkylation sites (N-methyl/N-ethyl adjacent to an activating group) is 1. The SMILES string of the molecule is CCN(C(=O)C(N)=O)C1CCS(=O)(=O)C1. The molecule has 0 spiro atoms. The zero-order valence-corrected chi connectivity index (χ0v) is 9.29. The number of carbonyl (C=O) groups excluding carboxylic acids is 2. The van der Waals surface area contributed by atoms with E-state index < -0.39 is 27.7 Å². The number of hydrogen-bond donors (Lipinski definition) is 1. The number of sulfone groups is 1. The molecule has 1 fully saturated rings. The lowest BCUT2D eigenvalue weighted by Gasteiger charge is -2.25. The van der Waals surface area contributed by atoms with E-state index >= 15 is 0 Å². The lowest BCUT2D eigenvalue weighted by atomic mass is 10.2. The van der Waals surface area contributed by atoms with E-state index in [1.807, 2.05) is 0 Å². The minimum atomic E-state index is -3.06. The van der Waals surface area contributed by atoms with Gasteiger partial charge in [0, 0.05) is 12.6 Å². The second-order valence-electron chi connectivity index (χ2n) is 3.51. The van der Waals surface area contributed by atoms with Crippen molar-refractivity contribution in [1.29, 1.82) is 0 Å². The van der Waals surface area contributed by atoms with Crippen LogP contribution in [0.1, 0.15) is 13.3 Å². The lowest BCUT2D eigenvalue weighted by Crippen LogP contribution is -2.46. The van der Waals surface area contributed by atoms with Gasteiger partial charge in [0.25, 0.3) is 0 Å². The molecule has 15 heavy (non-hydrogen) atoms. The van der Waals surface area contributed by atoms with Crippen molar-refractivity contribution in [2.24, 2.45) is 5.73 Å². The summed E-state index contributed by atoms with van der Waals surface area (Å²) in [6.45, 7) is 1.98. The fraction of sp³-hybridized carbons (Fsp3) is 0.750. The number of carbonyl (C=O) groups is 2. The van der Waals surface area contributed by atoms with Crippen molar-refractivity contribution in [3.8, 4) is 0 Å². The number of nitrogens with two attached hydrogens (primary N) is 1. The van der Waals surface area contributed by atoms with Crippen LogP contribution in [0.25, 0.3) is 0 Å². The van der Waals surface area contributed by atoms with Crippen molar-refractivity contribution < 1.29 is 18.0 Å². The van der Waals surface area contributed by atoms with E-state index in [4.69, 9.17) is 5.73 Å². The van der Waals surface area contributed by atoms with Crippen molar-refractivity contribution in [3.63, 3.8) is 0 Å². The van der Waals surface area contributed by atoms with E-state index in [0.717, 1.165) is 0 Å². The molecular formula is C8H14N2O4S. The van der Waals surface area contributed by atoms with Gasteiger partial charge in [0.05, 0.1) is 11.5 Å². The highest BCUT2D eigenvalue weighted by Gasteiger charge is 2.35. The van der Waals surface area contributed by atoms with E-state index in [1.54, 1.807) is 6.92 Å². The molecule has 0 aliphatic carbocycles. The number of hydrogen-bond acceptors (Lipinski definition) is 4. The standard InChI is InChI=1S/C8H14N2O4S/c1-2-10(8(12)7(9)11)6-3-4-15(13,14)5-6/h6H,2-5H2,1H3,(H2,9,11). The van der Waals surface area contributed by atoms with E-state index in [-0.39, 0.29) is 11.5 Å². The third-order valence-electron chi connectivity index (χ3n) is 2.46. The van der Waals surface area contributed by atoms with Crippen LogP contribution in [0.3, 0.4) is 0 Å². The van der Waals surface area contributed by atoms with Gasteiger partial charge in [-0.3, -0.25) is 9.59 Å². The van der Waals surface area contributed by atoms with Crippen LogP contribution in [0.2, 0.25) is 0 Å². The predicted octanol–water partition coefficient (Wildman–Crippen LogP) is -1.49. The van der Waals surface area contributed by atoms with Crippen LogP contribution in [0.4, 0.5) is 0 Å². The molecule has 0 aromatic carbocycles. The molecule has 0 aromatic rings. The van der Waals surface area contributed by atoms with Crippen molar-refractivity contribution in [1.82, 2.24) is 4.90 Å². The molecule has 6 nitrogen and oxygen atoms in total. The summed E-state index contributed by atoms with van der Waals surface area (Å²) in [6, 6.07) is -0.403. The molecule has 1 unspecified atom stereocenters. The molecule has 0 saturated carbocycles. The van der Waals surface area contributed by atoms with Gasteiger partial charge in [-0.15, -0.1) is 0 Å². The first kappa shape index (κ1) is 12.0. The monoisotopic (exact) mass is 234 g/mol. The van der Waals surface area contributed by atoms with Gasteiger partial charge in [0.15, 0.2) is 9.84 Å². The topological polar surface area (TPSA) is 97.5 Å². The molecule has 7 heteroatoms. The second kappa shape index (κ2) is 4.18. The molecule has 0 radical (unpaired) electrons. The summed E-state index contributed by atoms with van der Waals surface area (Å²) in [7, 11) is -3.06. The fourth-order valence-corrected chi connectivity index (χ4v) is 3.46. The third kappa shape index (κ3) is 2.68. The number of amides is 2. The highest BCUT2D eigenvalue weighted by molar-refractivity contribution is 7.91. The molecule has 1 rings (SSSR count). The molecule has 2 amide bonds. The van der Waals surface area contributed by atoms with Crippen molar-refractivity contribution in [2.75, 3.05) is 18.1 Å². The first-order valence-corrected chi connectivity index (χ1v) is 6.50. The Hall–Kier alpha value is -1.11. The van der Waals surface area contributed by atoms with Gasteiger partial charge >= 0.3 is 11.8 Å². The minimum Gasteiger partial charge on any atom is -0.361 e. The Bertz CT molecular complexity index is 376. The van der Waals surface area contributed by atoms with Crippen molar-refractivity contribution in [3.05, 3.63) is 0 Å². The Morgan fingerprint density at radius 3 is 2.40 bits per heavy atom.